The van der Waals surface area contributed by atoms with Gasteiger partial charge in [0.05, 0.1) is 6.10 Å². The van der Waals surface area contributed by atoms with Crippen molar-refractivity contribution in [2.45, 2.75) is 50.0 Å². The van der Waals surface area contributed by atoms with E-state index in [1.165, 1.54) is 36.0 Å². The van der Waals surface area contributed by atoms with E-state index in [2.05, 4.69) is 48.5 Å². The summed E-state index contributed by atoms with van der Waals surface area (Å²) in [4.78, 5) is 0. The van der Waals surface area contributed by atoms with Crippen LogP contribution in [0, 0.1) is 0 Å². The molecule has 1 saturated carbocycles. The highest BCUT2D eigenvalue weighted by molar-refractivity contribution is 5.38. The minimum absolute atomic E-state index is 0.262. The molecule has 0 heterocycles. The molecule has 4 rings (SSSR count). The van der Waals surface area contributed by atoms with Crippen molar-refractivity contribution in [2.24, 2.45) is 0 Å². The Hall–Kier alpha value is -1.60. The molecule has 1 nitrogen and oxygen atoms in total. The number of aliphatic hydroxyl groups is 1. The third kappa shape index (κ3) is 2.30. The van der Waals surface area contributed by atoms with Crippen molar-refractivity contribution < 1.29 is 5.11 Å². The summed E-state index contributed by atoms with van der Waals surface area (Å²) >= 11 is 0. The predicted octanol–water partition coefficient (Wildman–Crippen LogP) is 4.72. The van der Waals surface area contributed by atoms with Crippen LogP contribution in [-0.2, 0) is 6.42 Å². The van der Waals surface area contributed by atoms with Gasteiger partial charge in [-0.15, -0.1) is 0 Å². The minimum Gasteiger partial charge on any atom is -0.388 e. The molecule has 0 bridgehead atoms. The summed E-state index contributed by atoms with van der Waals surface area (Å²) in [6, 6.07) is 17.3. The molecule has 0 radical (unpaired) electrons. The third-order valence-electron chi connectivity index (χ3n) is 5.39. The zero-order valence-corrected chi connectivity index (χ0v) is 12.3. The second kappa shape index (κ2) is 5.31. The number of aryl methyl sites for hydroxylation is 1. The monoisotopic (exact) mass is 278 g/mol. The Balaban J connectivity index is 1.62. The van der Waals surface area contributed by atoms with Crippen LogP contribution in [0.5, 0.6) is 0 Å². The summed E-state index contributed by atoms with van der Waals surface area (Å²) in [6.07, 6.45) is 5.77. The molecule has 108 valence electrons. The fourth-order valence-corrected chi connectivity index (χ4v) is 3.89. The molecule has 0 aliphatic heterocycles. The van der Waals surface area contributed by atoms with E-state index in [0.29, 0.717) is 0 Å². The predicted molar refractivity (Wildman–Crippen MR) is 85.5 cm³/mol. The lowest BCUT2D eigenvalue weighted by Gasteiger charge is -2.27. The van der Waals surface area contributed by atoms with Gasteiger partial charge in [-0.3, -0.25) is 0 Å². The lowest BCUT2D eigenvalue weighted by atomic mass is 9.79. The second-order valence-corrected chi connectivity index (χ2v) is 6.59. The van der Waals surface area contributed by atoms with Crippen LogP contribution < -0.4 is 0 Å². The second-order valence-electron chi connectivity index (χ2n) is 6.59. The first-order chi connectivity index (χ1) is 10.3. The number of rotatable bonds is 3. The number of fused-ring (bicyclic) bond motifs is 1. The highest BCUT2D eigenvalue weighted by Gasteiger charge is 2.29. The van der Waals surface area contributed by atoms with Gasteiger partial charge in [-0.2, -0.15) is 0 Å². The number of hydrogen-bond acceptors (Lipinski definition) is 1. The summed E-state index contributed by atoms with van der Waals surface area (Å²) in [5.74, 6) is 0.992. The van der Waals surface area contributed by atoms with Gasteiger partial charge in [-0.05, 0) is 53.9 Å². The average molecular weight is 278 g/mol. The molecule has 2 aliphatic carbocycles. The Labute approximate surface area is 126 Å². The Bertz CT molecular complexity index is 642. The van der Waals surface area contributed by atoms with Gasteiger partial charge in [0, 0.05) is 5.92 Å². The molecule has 0 spiro atoms. The van der Waals surface area contributed by atoms with Crippen LogP contribution >= 0.6 is 0 Å². The number of benzene rings is 2. The van der Waals surface area contributed by atoms with Gasteiger partial charge in [0.2, 0.25) is 0 Å². The van der Waals surface area contributed by atoms with Crippen LogP contribution in [0.25, 0.3) is 0 Å². The van der Waals surface area contributed by atoms with Crippen molar-refractivity contribution in [3.8, 4) is 0 Å². The summed E-state index contributed by atoms with van der Waals surface area (Å²) in [5.41, 5.74) is 5.28. The first kappa shape index (κ1) is 13.1. The van der Waals surface area contributed by atoms with Crippen molar-refractivity contribution in [1.29, 1.82) is 0 Å². The van der Waals surface area contributed by atoms with Crippen LogP contribution in [0.4, 0.5) is 0 Å². The van der Waals surface area contributed by atoms with Crippen molar-refractivity contribution >= 4 is 0 Å². The molecule has 0 saturated heterocycles. The SMILES string of the molecule is OC(c1cccc(C2CCC2)c1)C1CCc2ccccc21. The van der Waals surface area contributed by atoms with Crippen molar-refractivity contribution in [3.63, 3.8) is 0 Å². The van der Waals surface area contributed by atoms with Gasteiger partial charge >= 0.3 is 0 Å². The van der Waals surface area contributed by atoms with Crippen LogP contribution in [0.2, 0.25) is 0 Å². The smallest absolute Gasteiger partial charge is 0.0858 e. The number of aliphatic hydroxyl groups excluding tert-OH is 1. The van der Waals surface area contributed by atoms with Gasteiger partial charge in [0.1, 0.15) is 0 Å². The van der Waals surface area contributed by atoms with E-state index in [-0.39, 0.29) is 12.0 Å². The van der Waals surface area contributed by atoms with E-state index < -0.39 is 0 Å². The molecule has 2 unspecified atom stereocenters. The molecule has 2 aliphatic rings. The van der Waals surface area contributed by atoms with Gasteiger partial charge in [0.15, 0.2) is 0 Å². The first-order valence-corrected chi connectivity index (χ1v) is 8.18. The maximum Gasteiger partial charge on any atom is 0.0858 e. The van der Waals surface area contributed by atoms with E-state index in [1.807, 2.05) is 0 Å². The topological polar surface area (TPSA) is 20.2 Å². The van der Waals surface area contributed by atoms with Gasteiger partial charge in [0.25, 0.3) is 0 Å². The molecular weight excluding hydrogens is 256 g/mol. The van der Waals surface area contributed by atoms with Crippen molar-refractivity contribution in [3.05, 3.63) is 70.8 Å². The van der Waals surface area contributed by atoms with Crippen LogP contribution in [0.3, 0.4) is 0 Å². The van der Waals surface area contributed by atoms with Crippen LogP contribution in [0.1, 0.15) is 65.9 Å². The van der Waals surface area contributed by atoms with E-state index in [9.17, 15) is 5.11 Å². The quantitative estimate of drug-likeness (QED) is 0.861. The Morgan fingerprint density at radius 1 is 0.952 bits per heavy atom. The normalized spacial score (nSPS) is 22.6. The Morgan fingerprint density at radius 3 is 2.62 bits per heavy atom. The summed E-state index contributed by atoms with van der Waals surface area (Å²) in [7, 11) is 0. The molecule has 2 atom stereocenters. The largest absolute Gasteiger partial charge is 0.388 e. The molecule has 2 aromatic carbocycles. The zero-order chi connectivity index (χ0) is 14.2. The van der Waals surface area contributed by atoms with E-state index in [1.54, 1.807) is 0 Å². The summed E-state index contributed by atoms with van der Waals surface area (Å²) in [6.45, 7) is 0. The van der Waals surface area contributed by atoms with Crippen LogP contribution in [-0.4, -0.2) is 5.11 Å². The fourth-order valence-electron chi connectivity index (χ4n) is 3.89. The van der Waals surface area contributed by atoms with E-state index in [0.717, 1.165) is 24.3 Å². The first-order valence-electron chi connectivity index (χ1n) is 8.18. The van der Waals surface area contributed by atoms with Gasteiger partial charge in [-0.1, -0.05) is 55.0 Å². The summed E-state index contributed by atoms with van der Waals surface area (Å²) < 4.78 is 0. The molecule has 1 fully saturated rings. The molecule has 21 heavy (non-hydrogen) atoms. The van der Waals surface area contributed by atoms with Crippen molar-refractivity contribution in [1.82, 2.24) is 0 Å². The molecular formula is C20H22O. The zero-order valence-electron chi connectivity index (χ0n) is 12.3. The molecule has 0 amide bonds. The maximum atomic E-state index is 10.9. The minimum atomic E-state index is -0.367. The number of hydrogen-bond donors (Lipinski definition) is 1. The lowest BCUT2D eigenvalue weighted by molar-refractivity contribution is 0.144. The van der Waals surface area contributed by atoms with Gasteiger partial charge in [-0.25, -0.2) is 0 Å². The summed E-state index contributed by atoms with van der Waals surface area (Å²) in [5, 5.41) is 10.9. The molecule has 1 N–H and O–H groups in total. The molecule has 2 aromatic rings. The average Bonchev–Trinajstić information content (AvgIpc) is 2.89. The Kier molecular flexibility index (Phi) is 3.31. The van der Waals surface area contributed by atoms with Crippen molar-refractivity contribution in [2.75, 3.05) is 0 Å². The highest BCUT2D eigenvalue weighted by Crippen LogP contribution is 2.43. The highest BCUT2D eigenvalue weighted by atomic mass is 16.3. The fraction of sp³-hybridized carbons (Fsp3) is 0.400. The molecule has 1 heteroatoms. The standard InChI is InChI=1S/C20H22O/c21-20(19-12-11-15-5-1-2-10-18(15)19)17-9-4-8-16(13-17)14-6-3-7-14/h1-2,4-5,8-10,13-14,19-21H,3,6-7,11-12H2. The lowest BCUT2D eigenvalue weighted by Crippen LogP contribution is -2.11. The van der Waals surface area contributed by atoms with Gasteiger partial charge < -0.3 is 5.11 Å². The van der Waals surface area contributed by atoms with Crippen LogP contribution in [0.15, 0.2) is 48.5 Å². The Morgan fingerprint density at radius 2 is 1.81 bits per heavy atom. The van der Waals surface area contributed by atoms with E-state index >= 15 is 0 Å². The third-order valence-corrected chi connectivity index (χ3v) is 5.39. The molecule has 0 aromatic heterocycles. The maximum absolute atomic E-state index is 10.9. The van der Waals surface area contributed by atoms with E-state index in [4.69, 9.17) is 0 Å².